The maximum absolute atomic E-state index is 12.5. The summed E-state index contributed by atoms with van der Waals surface area (Å²) in [6, 6.07) is 8.13. The largest absolute Gasteiger partial charge is 0.378 e. The number of morpholine rings is 1. The lowest BCUT2D eigenvalue weighted by Gasteiger charge is -2.28. The first kappa shape index (κ1) is 22.0. The van der Waals surface area contributed by atoms with Crippen molar-refractivity contribution in [2.75, 3.05) is 60.3 Å². The number of rotatable bonds is 8. The zero-order valence-electron chi connectivity index (χ0n) is 18.4. The zero-order valence-corrected chi connectivity index (χ0v) is 19.2. The van der Waals surface area contributed by atoms with Crippen LogP contribution in [0.1, 0.15) is 26.7 Å². The van der Waals surface area contributed by atoms with E-state index in [4.69, 9.17) is 4.74 Å². The molecule has 9 heteroatoms. The highest BCUT2D eigenvalue weighted by Crippen LogP contribution is 2.25. The SMILES string of the molecule is CC(C)Cn1c(SCC(=O)Nc2ccc(N3CCCC3)cc2)nnc1N1CCOCC1. The molecule has 2 saturated heterocycles. The van der Waals surface area contributed by atoms with Crippen molar-refractivity contribution in [2.45, 2.75) is 38.4 Å². The average Bonchev–Trinajstić information content (AvgIpc) is 3.44. The predicted octanol–water partition coefficient (Wildman–Crippen LogP) is 3.10. The third-order valence-electron chi connectivity index (χ3n) is 5.49. The lowest BCUT2D eigenvalue weighted by Crippen LogP contribution is -2.38. The molecule has 0 spiro atoms. The summed E-state index contributed by atoms with van der Waals surface area (Å²) < 4.78 is 7.60. The molecular weight excluding hydrogens is 412 g/mol. The molecule has 1 aromatic heterocycles. The Kier molecular flexibility index (Phi) is 7.34. The van der Waals surface area contributed by atoms with Crippen LogP contribution < -0.4 is 15.1 Å². The van der Waals surface area contributed by atoms with E-state index in [9.17, 15) is 4.79 Å². The smallest absolute Gasteiger partial charge is 0.234 e. The van der Waals surface area contributed by atoms with Crippen molar-refractivity contribution in [1.29, 1.82) is 0 Å². The fourth-order valence-corrected chi connectivity index (χ4v) is 4.71. The highest BCUT2D eigenvalue weighted by Gasteiger charge is 2.21. The van der Waals surface area contributed by atoms with E-state index in [0.29, 0.717) is 24.9 Å². The minimum atomic E-state index is -0.0362. The van der Waals surface area contributed by atoms with Gasteiger partial charge in [0, 0.05) is 44.1 Å². The van der Waals surface area contributed by atoms with Crippen molar-refractivity contribution < 1.29 is 9.53 Å². The van der Waals surface area contributed by atoms with Gasteiger partial charge in [-0.25, -0.2) is 0 Å². The molecule has 0 saturated carbocycles. The number of amides is 1. The molecule has 3 heterocycles. The third-order valence-corrected chi connectivity index (χ3v) is 6.46. The van der Waals surface area contributed by atoms with Crippen molar-refractivity contribution in [3.8, 4) is 0 Å². The van der Waals surface area contributed by atoms with Gasteiger partial charge in [-0.2, -0.15) is 0 Å². The molecule has 0 bridgehead atoms. The van der Waals surface area contributed by atoms with Gasteiger partial charge < -0.3 is 19.9 Å². The summed E-state index contributed by atoms with van der Waals surface area (Å²) in [5.41, 5.74) is 2.05. The fourth-order valence-electron chi connectivity index (χ4n) is 3.97. The number of benzene rings is 1. The molecule has 1 N–H and O–H groups in total. The molecule has 0 atom stereocenters. The van der Waals surface area contributed by atoms with Crippen LogP contribution in [0.3, 0.4) is 0 Å². The lowest BCUT2D eigenvalue weighted by molar-refractivity contribution is -0.113. The van der Waals surface area contributed by atoms with Crippen LogP contribution in [0, 0.1) is 5.92 Å². The molecule has 2 aliphatic heterocycles. The Balaban J connectivity index is 1.35. The van der Waals surface area contributed by atoms with Crippen LogP contribution in [0.25, 0.3) is 0 Å². The molecule has 2 aromatic rings. The number of nitrogens with zero attached hydrogens (tertiary/aromatic N) is 5. The molecule has 2 fully saturated rings. The Hall–Kier alpha value is -2.26. The van der Waals surface area contributed by atoms with E-state index < -0.39 is 0 Å². The molecule has 4 rings (SSSR count). The van der Waals surface area contributed by atoms with Crippen LogP contribution in [-0.4, -0.2) is 65.8 Å². The van der Waals surface area contributed by atoms with Gasteiger partial charge in [-0.1, -0.05) is 25.6 Å². The minimum Gasteiger partial charge on any atom is -0.378 e. The van der Waals surface area contributed by atoms with E-state index in [0.717, 1.165) is 49.5 Å². The normalized spacial score (nSPS) is 16.9. The number of anilines is 3. The molecule has 2 aliphatic rings. The van der Waals surface area contributed by atoms with Gasteiger partial charge in [0.15, 0.2) is 5.16 Å². The average molecular weight is 445 g/mol. The molecule has 0 unspecified atom stereocenters. The molecule has 0 aliphatic carbocycles. The second kappa shape index (κ2) is 10.4. The summed E-state index contributed by atoms with van der Waals surface area (Å²) in [7, 11) is 0. The highest BCUT2D eigenvalue weighted by molar-refractivity contribution is 7.99. The van der Waals surface area contributed by atoms with E-state index in [1.807, 2.05) is 12.1 Å². The van der Waals surface area contributed by atoms with E-state index in [1.54, 1.807) is 0 Å². The first-order chi connectivity index (χ1) is 15.1. The fraction of sp³-hybridized carbons (Fsp3) is 0.591. The third kappa shape index (κ3) is 5.71. The maximum atomic E-state index is 12.5. The molecule has 168 valence electrons. The van der Waals surface area contributed by atoms with E-state index in [-0.39, 0.29) is 5.91 Å². The van der Waals surface area contributed by atoms with Crippen LogP contribution in [0.2, 0.25) is 0 Å². The summed E-state index contributed by atoms with van der Waals surface area (Å²) in [6.07, 6.45) is 2.51. The Morgan fingerprint density at radius 1 is 1.06 bits per heavy atom. The summed E-state index contributed by atoms with van der Waals surface area (Å²) >= 11 is 1.44. The Bertz CT molecular complexity index is 857. The number of ether oxygens (including phenoxy) is 1. The Labute approximate surface area is 188 Å². The van der Waals surface area contributed by atoms with Crippen LogP contribution in [-0.2, 0) is 16.1 Å². The second-order valence-electron chi connectivity index (χ2n) is 8.46. The Morgan fingerprint density at radius 2 is 1.77 bits per heavy atom. The summed E-state index contributed by atoms with van der Waals surface area (Å²) in [6.45, 7) is 10.4. The predicted molar refractivity (Wildman–Crippen MR) is 125 cm³/mol. The van der Waals surface area contributed by atoms with Crippen molar-refractivity contribution in [2.24, 2.45) is 5.92 Å². The molecule has 1 aromatic carbocycles. The zero-order chi connectivity index (χ0) is 21.6. The van der Waals surface area contributed by atoms with Gasteiger partial charge in [-0.15, -0.1) is 10.2 Å². The summed E-state index contributed by atoms with van der Waals surface area (Å²) in [4.78, 5) is 17.1. The van der Waals surface area contributed by atoms with Crippen LogP contribution in [0.15, 0.2) is 29.4 Å². The van der Waals surface area contributed by atoms with Gasteiger partial charge in [0.2, 0.25) is 11.9 Å². The molecular formula is C22H32N6O2S. The topological polar surface area (TPSA) is 75.5 Å². The van der Waals surface area contributed by atoms with Gasteiger partial charge in [-0.05, 0) is 43.0 Å². The first-order valence-electron chi connectivity index (χ1n) is 11.1. The van der Waals surface area contributed by atoms with Gasteiger partial charge >= 0.3 is 0 Å². The number of aromatic nitrogens is 3. The molecule has 31 heavy (non-hydrogen) atoms. The number of hydrogen-bond donors (Lipinski definition) is 1. The first-order valence-corrected chi connectivity index (χ1v) is 12.1. The number of hydrogen-bond acceptors (Lipinski definition) is 7. The van der Waals surface area contributed by atoms with Gasteiger partial charge in [-0.3, -0.25) is 9.36 Å². The van der Waals surface area contributed by atoms with Gasteiger partial charge in [0.1, 0.15) is 0 Å². The molecule has 0 radical (unpaired) electrons. The molecule has 1 amide bonds. The Morgan fingerprint density at radius 3 is 2.45 bits per heavy atom. The van der Waals surface area contributed by atoms with Gasteiger partial charge in [0.05, 0.1) is 19.0 Å². The van der Waals surface area contributed by atoms with Crippen LogP contribution >= 0.6 is 11.8 Å². The van der Waals surface area contributed by atoms with Gasteiger partial charge in [0.25, 0.3) is 0 Å². The van der Waals surface area contributed by atoms with E-state index >= 15 is 0 Å². The second-order valence-corrected chi connectivity index (χ2v) is 9.41. The quantitative estimate of drug-likeness (QED) is 0.627. The highest BCUT2D eigenvalue weighted by atomic mass is 32.2. The summed E-state index contributed by atoms with van der Waals surface area (Å²) in [5, 5.41) is 12.6. The number of carbonyl (C=O) groups is 1. The van der Waals surface area contributed by atoms with Crippen LogP contribution in [0.4, 0.5) is 17.3 Å². The maximum Gasteiger partial charge on any atom is 0.234 e. The molecule has 8 nitrogen and oxygen atoms in total. The van der Waals surface area contributed by atoms with Crippen LogP contribution in [0.5, 0.6) is 0 Å². The van der Waals surface area contributed by atoms with Crippen molar-refractivity contribution in [1.82, 2.24) is 14.8 Å². The number of thioether (sulfide) groups is 1. The van der Waals surface area contributed by atoms with Crippen molar-refractivity contribution in [3.63, 3.8) is 0 Å². The number of carbonyl (C=O) groups excluding carboxylic acids is 1. The summed E-state index contributed by atoms with van der Waals surface area (Å²) in [5.74, 6) is 1.59. The number of nitrogens with one attached hydrogen (secondary N) is 1. The van der Waals surface area contributed by atoms with Crippen molar-refractivity contribution in [3.05, 3.63) is 24.3 Å². The minimum absolute atomic E-state index is 0.0362. The van der Waals surface area contributed by atoms with Crippen molar-refractivity contribution >= 4 is 35.0 Å². The van der Waals surface area contributed by atoms with E-state index in [1.165, 1.54) is 30.3 Å². The lowest BCUT2D eigenvalue weighted by atomic mass is 10.2. The standard InChI is InChI=1S/C22H32N6O2S/c1-17(2)15-28-21(27-11-13-30-14-12-27)24-25-22(28)31-16-20(29)23-18-5-7-19(8-6-18)26-9-3-4-10-26/h5-8,17H,3-4,9-16H2,1-2H3,(H,23,29). The van der Waals surface area contributed by atoms with E-state index in [2.05, 4.69) is 55.9 Å². The monoisotopic (exact) mass is 444 g/mol.